The Kier molecular flexibility index (Phi) is 2.05. The smallest absolute Gasteiger partial charge is 0.0774 e. The largest absolute Gasteiger partial charge is 0.391 e. The summed E-state index contributed by atoms with van der Waals surface area (Å²) in [5.41, 5.74) is 0. The normalized spacial score (nSPS) is 10.8. The number of halogens is 1. The first-order chi connectivity index (χ1) is 5.81. The van der Waals surface area contributed by atoms with Crippen molar-refractivity contribution in [1.82, 2.24) is 0 Å². The zero-order valence-corrected chi connectivity index (χ0v) is 7.82. The third-order valence-corrected chi connectivity index (χ3v) is 3.13. The molecule has 1 heterocycles. The molecule has 0 aliphatic heterocycles. The number of hydrogen-bond acceptors (Lipinski definition) is 2. The predicted octanol–water partition coefficient (Wildman–Crippen LogP) is 3.05. The van der Waals surface area contributed by atoms with E-state index in [2.05, 4.69) is 0 Å². The van der Waals surface area contributed by atoms with E-state index in [0.29, 0.717) is 0 Å². The van der Waals surface area contributed by atoms with Gasteiger partial charge in [0.25, 0.3) is 0 Å². The van der Waals surface area contributed by atoms with Crippen molar-refractivity contribution >= 4 is 33.0 Å². The summed E-state index contributed by atoms with van der Waals surface area (Å²) in [6, 6.07) is 7.72. The van der Waals surface area contributed by atoms with Gasteiger partial charge in [-0.1, -0.05) is 17.7 Å². The van der Waals surface area contributed by atoms with E-state index in [1.165, 1.54) is 0 Å². The Labute approximate surface area is 79.2 Å². The van der Waals surface area contributed by atoms with Crippen LogP contribution in [0, 0.1) is 0 Å². The van der Waals surface area contributed by atoms with E-state index in [4.69, 9.17) is 16.7 Å². The maximum absolute atomic E-state index is 8.90. The van der Waals surface area contributed by atoms with Crippen molar-refractivity contribution in [2.75, 3.05) is 0 Å². The Hall–Kier alpha value is -0.570. The number of fused-ring (bicyclic) bond motifs is 1. The highest BCUT2D eigenvalue weighted by atomic mass is 35.5. The second kappa shape index (κ2) is 3.05. The summed E-state index contributed by atoms with van der Waals surface area (Å²) in [5.74, 6) is 0. The molecule has 0 unspecified atom stereocenters. The molecule has 1 N–H and O–H groups in total. The van der Waals surface area contributed by atoms with Crippen LogP contribution < -0.4 is 0 Å². The van der Waals surface area contributed by atoms with Gasteiger partial charge in [0.2, 0.25) is 0 Å². The molecule has 1 aromatic carbocycles. The average molecular weight is 199 g/mol. The molecule has 0 saturated carbocycles. The van der Waals surface area contributed by atoms with Gasteiger partial charge < -0.3 is 5.11 Å². The van der Waals surface area contributed by atoms with Crippen molar-refractivity contribution in [3.63, 3.8) is 0 Å². The molecule has 0 amide bonds. The fourth-order valence-electron chi connectivity index (χ4n) is 1.16. The van der Waals surface area contributed by atoms with Crippen LogP contribution in [0.3, 0.4) is 0 Å². The Morgan fingerprint density at radius 1 is 1.42 bits per heavy atom. The average Bonchev–Trinajstić information content (AvgIpc) is 2.49. The lowest BCUT2D eigenvalue weighted by molar-refractivity contribution is 0.285. The first-order valence-electron chi connectivity index (χ1n) is 3.59. The molecule has 62 valence electrons. The first kappa shape index (κ1) is 8.05. The molecule has 0 saturated heterocycles. The van der Waals surface area contributed by atoms with Crippen molar-refractivity contribution in [2.45, 2.75) is 6.61 Å². The predicted molar refractivity (Wildman–Crippen MR) is 52.8 cm³/mol. The molecule has 0 atom stereocenters. The van der Waals surface area contributed by atoms with Crippen molar-refractivity contribution in [2.24, 2.45) is 0 Å². The molecule has 1 aromatic heterocycles. The van der Waals surface area contributed by atoms with Crippen molar-refractivity contribution in [3.05, 3.63) is 34.2 Å². The fraction of sp³-hybridized carbons (Fsp3) is 0.111. The summed E-state index contributed by atoms with van der Waals surface area (Å²) >= 11 is 7.53. The van der Waals surface area contributed by atoms with Crippen LogP contribution in [0.2, 0.25) is 5.02 Å². The van der Waals surface area contributed by atoms with E-state index >= 15 is 0 Å². The van der Waals surface area contributed by atoms with Crippen molar-refractivity contribution < 1.29 is 5.11 Å². The van der Waals surface area contributed by atoms with Crippen LogP contribution in [0.5, 0.6) is 0 Å². The van der Waals surface area contributed by atoms with Gasteiger partial charge in [0.05, 0.1) is 6.61 Å². The number of rotatable bonds is 1. The van der Waals surface area contributed by atoms with Crippen LogP contribution in [0.4, 0.5) is 0 Å². The van der Waals surface area contributed by atoms with Gasteiger partial charge in [-0.2, -0.15) is 0 Å². The molecule has 3 heteroatoms. The number of hydrogen-bond donors (Lipinski definition) is 1. The summed E-state index contributed by atoms with van der Waals surface area (Å²) in [6.07, 6.45) is 0. The third kappa shape index (κ3) is 1.22. The third-order valence-electron chi connectivity index (χ3n) is 1.72. The van der Waals surface area contributed by atoms with Gasteiger partial charge in [-0.15, -0.1) is 11.3 Å². The van der Waals surface area contributed by atoms with Crippen LogP contribution in [-0.4, -0.2) is 5.11 Å². The highest BCUT2D eigenvalue weighted by Crippen LogP contribution is 2.30. The maximum atomic E-state index is 8.90. The van der Waals surface area contributed by atoms with E-state index in [9.17, 15) is 0 Å². The molecule has 0 radical (unpaired) electrons. The van der Waals surface area contributed by atoms with E-state index < -0.39 is 0 Å². The maximum Gasteiger partial charge on any atom is 0.0774 e. The van der Waals surface area contributed by atoms with Crippen molar-refractivity contribution in [1.29, 1.82) is 0 Å². The standard InChI is InChI=1S/C9H7ClOS/c10-8-2-1-3-9-7(8)4-6(5-11)12-9/h1-4,11H,5H2. The highest BCUT2D eigenvalue weighted by molar-refractivity contribution is 7.19. The Morgan fingerprint density at radius 3 is 2.92 bits per heavy atom. The van der Waals surface area contributed by atoms with Crippen LogP contribution in [0.15, 0.2) is 24.3 Å². The fourth-order valence-corrected chi connectivity index (χ4v) is 2.39. The Morgan fingerprint density at radius 2 is 2.25 bits per heavy atom. The molecule has 2 aromatic rings. The minimum absolute atomic E-state index is 0.0929. The van der Waals surface area contributed by atoms with Gasteiger partial charge in [0, 0.05) is 20.0 Å². The number of thiophene rings is 1. The lowest BCUT2D eigenvalue weighted by atomic mass is 10.2. The lowest BCUT2D eigenvalue weighted by Gasteiger charge is -1.89. The molecule has 2 rings (SSSR count). The molecule has 12 heavy (non-hydrogen) atoms. The molecular formula is C9H7ClOS. The quantitative estimate of drug-likeness (QED) is 0.747. The van der Waals surface area contributed by atoms with E-state index in [1.807, 2.05) is 24.3 Å². The summed E-state index contributed by atoms with van der Waals surface area (Å²) in [6.45, 7) is 0.0929. The van der Waals surface area contributed by atoms with E-state index in [0.717, 1.165) is 20.0 Å². The topological polar surface area (TPSA) is 20.2 Å². The van der Waals surface area contributed by atoms with Crippen LogP contribution >= 0.6 is 22.9 Å². The van der Waals surface area contributed by atoms with E-state index in [1.54, 1.807) is 11.3 Å². The second-order valence-electron chi connectivity index (χ2n) is 2.52. The van der Waals surface area contributed by atoms with Gasteiger partial charge in [0.15, 0.2) is 0 Å². The molecule has 0 bridgehead atoms. The Bertz CT molecular complexity index is 408. The zero-order valence-electron chi connectivity index (χ0n) is 6.25. The molecule has 0 aliphatic carbocycles. The summed E-state index contributed by atoms with van der Waals surface area (Å²) in [7, 11) is 0. The zero-order chi connectivity index (χ0) is 8.55. The van der Waals surface area contributed by atoms with Crippen LogP contribution in [-0.2, 0) is 6.61 Å². The molecule has 0 spiro atoms. The van der Waals surface area contributed by atoms with Gasteiger partial charge in [-0.3, -0.25) is 0 Å². The number of aliphatic hydroxyl groups excluding tert-OH is 1. The lowest BCUT2D eigenvalue weighted by Crippen LogP contribution is -1.70. The van der Waals surface area contributed by atoms with Gasteiger partial charge in [-0.25, -0.2) is 0 Å². The monoisotopic (exact) mass is 198 g/mol. The SMILES string of the molecule is OCc1cc2c(Cl)cccc2s1. The van der Waals surface area contributed by atoms with Gasteiger partial charge in [0.1, 0.15) is 0 Å². The molecular weight excluding hydrogens is 192 g/mol. The minimum Gasteiger partial charge on any atom is -0.391 e. The molecule has 1 nitrogen and oxygen atoms in total. The van der Waals surface area contributed by atoms with Crippen LogP contribution in [0.1, 0.15) is 4.88 Å². The van der Waals surface area contributed by atoms with Crippen molar-refractivity contribution in [3.8, 4) is 0 Å². The van der Waals surface area contributed by atoms with Gasteiger partial charge in [-0.05, 0) is 18.2 Å². The summed E-state index contributed by atoms with van der Waals surface area (Å²) in [4.78, 5) is 0.957. The molecule has 0 fully saturated rings. The second-order valence-corrected chi connectivity index (χ2v) is 4.10. The first-order valence-corrected chi connectivity index (χ1v) is 4.78. The summed E-state index contributed by atoms with van der Waals surface area (Å²) in [5, 5.41) is 10.7. The van der Waals surface area contributed by atoms with E-state index in [-0.39, 0.29) is 6.61 Å². The summed E-state index contributed by atoms with van der Waals surface area (Å²) < 4.78 is 1.13. The Balaban J connectivity index is 2.74. The number of aliphatic hydroxyl groups is 1. The minimum atomic E-state index is 0.0929. The highest BCUT2D eigenvalue weighted by Gasteiger charge is 2.02. The van der Waals surface area contributed by atoms with Gasteiger partial charge >= 0.3 is 0 Å². The number of benzene rings is 1. The molecule has 0 aliphatic rings. The van der Waals surface area contributed by atoms with Crippen LogP contribution in [0.25, 0.3) is 10.1 Å².